The minimum absolute atomic E-state index is 1.09. The van der Waals surface area contributed by atoms with E-state index in [4.69, 9.17) is 0 Å². The molecule has 0 amide bonds. The van der Waals surface area contributed by atoms with Crippen molar-refractivity contribution in [2.75, 3.05) is 0 Å². The van der Waals surface area contributed by atoms with Crippen molar-refractivity contribution in [3.8, 4) is 0 Å². The van der Waals surface area contributed by atoms with Gasteiger partial charge in [-0.15, -0.1) is 0 Å². The van der Waals surface area contributed by atoms with Gasteiger partial charge in [-0.3, -0.25) is 0 Å². The lowest BCUT2D eigenvalue weighted by atomic mass is 9.93. The van der Waals surface area contributed by atoms with Crippen LogP contribution in [0, 0.1) is 0 Å². The fourth-order valence-corrected chi connectivity index (χ4v) is 1.42. The van der Waals surface area contributed by atoms with Crippen molar-refractivity contribution in [2.24, 2.45) is 0 Å². The van der Waals surface area contributed by atoms with E-state index in [1.54, 1.807) is 0 Å². The lowest BCUT2D eigenvalue weighted by Gasteiger charge is -2.12. The lowest BCUT2D eigenvalue weighted by Crippen LogP contribution is -1.93. The van der Waals surface area contributed by atoms with Gasteiger partial charge >= 0.3 is 0 Å². The Hall–Kier alpha value is -1.04. The van der Waals surface area contributed by atoms with Gasteiger partial charge in [-0.25, -0.2) is 0 Å². The minimum atomic E-state index is 1.09. The maximum Gasteiger partial charge on any atom is -0.0178 e. The van der Waals surface area contributed by atoms with E-state index in [-0.39, 0.29) is 0 Å². The van der Waals surface area contributed by atoms with Crippen molar-refractivity contribution >= 4 is 0 Å². The maximum atomic E-state index is 3.97. The molecule has 0 fully saturated rings. The van der Waals surface area contributed by atoms with Gasteiger partial charge in [0.15, 0.2) is 0 Å². The third-order valence-corrected chi connectivity index (χ3v) is 2.25. The van der Waals surface area contributed by atoms with E-state index in [2.05, 4.69) is 33.1 Å². The first-order valence-corrected chi connectivity index (χ1v) is 4.57. The highest BCUT2D eigenvalue weighted by molar-refractivity contribution is 5.50. The molecule has 0 unspecified atom stereocenters. The van der Waals surface area contributed by atoms with Crippen molar-refractivity contribution in [1.82, 2.24) is 0 Å². The molecule has 0 rings (SSSR count). The highest BCUT2D eigenvalue weighted by atomic mass is 14.1. The van der Waals surface area contributed by atoms with Crippen LogP contribution in [0.5, 0.6) is 0 Å². The van der Waals surface area contributed by atoms with Gasteiger partial charge in [0.05, 0.1) is 0 Å². The number of rotatable bonds is 3. The van der Waals surface area contributed by atoms with Gasteiger partial charge in [0, 0.05) is 0 Å². The normalized spacial score (nSPS) is 11.0. The molecular formula is C13H20. The van der Waals surface area contributed by atoms with Crippen LogP contribution in [0.15, 0.2) is 47.1 Å². The molecule has 13 heavy (non-hydrogen) atoms. The van der Waals surface area contributed by atoms with E-state index in [1.807, 2.05) is 20.8 Å². The van der Waals surface area contributed by atoms with E-state index in [0.29, 0.717) is 0 Å². The summed E-state index contributed by atoms with van der Waals surface area (Å²) < 4.78 is 0. The van der Waals surface area contributed by atoms with Crippen LogP contribution >= 0.6 is 0 Å². The Labute approximate surface area is 82.4 Å². The summed E-state index contributed by atoms with van der Waals surface area (Å²) in [5, 5.41) is 0. The van der Waals surface area contributed by atoms with Crippen LogP contribution in [0.2, 0.25) is 0 Å². The molecule has 0 atom stereocenters. The molecule has 0 N–H and O–H groups in total. The first-order chi connectivity index (χ1) is 5.91. The van der Waals surface area contributed by atoms with Crippen LogP contribution < -0.4 is 0 Å². The standard InChI is InChI=1S/C13H20/c1-8-11(6)12(7)13(9(2)3)10(4)5/h8H,2,4H2,1,3,5-7H3. The Balaban J connectivity index is 5.35. The van der Waals surface area contributed by atoms with Gasteiger partial charge in [-0.05, 0) is 45.8 Å². The Morgan fingerprint density at radius 2 is 1.31 bits per heavy atom. The Morgan fingerprint density at radius 1 is 0.923 bits per heavy atom. The van der Waals surface area contributed by atoms with E-state index in [9.17, 15) is 0 Å². The summed E-state index contributed by atoms with van der Waals surface area (Å²) in [5.74, 6) is 0. The predicted octanol–water partition coefficient (Wildman–Crippen LogP) is 4.42. The highest BCUT2D eigenvalue weighted by Gasteiger charge is 2.05. The fourth-order valence-electron chi connectivity index (χ4n) is 1.42. The van der Waals surface area contributed by atoms with Crippen LogP contribution in [0.25, 0.3) is 0 Å². The summed E-state index contributed by atoms with van der Waals surface area (Å²) in [6.07, 6.45) is 2.11. The Bertz CT molecular complexity index is 269. The molecule has 0 bridgehead atoms. The summed E-state index contributed by atoms with van der Waals surface area (Å²) in [7, 11) is 0. The summed E-state index contributed by atoms with van der Waals surface area (Å²) in [6.45, 7) is 18.3. The van der Waals surface area contributed by atoms with Gasteiger partial charge in [0.25, 0.3) is 0 Å². The molecule has 0 aromatic carbocycles. The molecule has 0 nitrogen and oxygen atoms in total. The minimum Gasteiger partial charge on any atom is -0.0955 e. The molecule has 0 saturated heterocycles. The largest absolute Gasteiger partial charge is 0.0955 e. The van der Waals surface area contributed by atoms with Gasteiger partial charge in [-0.2, -0.15) is 0 Å². The third kappa shape index (κ3) is 3.06. The second kappa shape index (κ2) is 4.86. The Morgan fingerprint density at radius 3 is 1.54 bits per heavy atom. The molecule has 0 aliphatic rings. The van der Waals surface area contributed by atoms with Gasteiger partial charge < -0.3 is 0 Å². The van der Waals surface area contributed by atoms with Crippen molar-refractivity contribution in [3.63, 3.8) is 0 Å². The molecular weight excluding hydrogens is 156 g/mol. The molecule has 0 heterocycles. The van der Waals surface area contributed by atoms with Crippen molar-refractivity contribution < 1.29 is 0 Å². The second-order valence-electron chi connectivity index (χ2n) is 3.53. The van der Waals surface area contributed by atoms with Crippen LogP contribution in [0.3, 0.4) is 0 Å². The average molecular weight is 176 g/mol. The number of allylic oxidation sites excluding steroid dienone is 6. The zero-order valence-electron chi connectivity index (χ0n) is 9.49. The van der Waals surface area contributed by atoms with E-state index < -0.39 is 0 Å². The molecule has 0 heteroatoms. The highest BCUT2D eigenvalue weighted by Crippen LogP contribution is 2.24. The third-order valence-electron chi connectivity index (χ3n) is 2.25. The van der Waals surface area contributed by atoms with E-state index in [1.165, 1.54) is 16.7 Å². The van der Waals surface area contributed by atoms with Crippen molar-refractivity contribution in [3.05, 3.63) is 47.1 Å². The molecule has 0 aromatic rings. The number of hydrogen-bond acceptors (Lipinski definition) is 0. The zero-order chi connectivity index (χ0) is 10.6. The zero-order valence-corrected chi connectivity index (χ0v) is 9.49. The molecule has 0 radical (unpaired) electrons. The predicted molar refractivity (Wildman–Crippen MR) is 61.8 cm³/mol. The van der Waals surface area contributed by atoms with Crippen LogP contribution in [0.4, 0.5) is 0 Å². The lowest BCUT2D eigenvalue weighted by molar-refractivity contribution is 1.22. The summed E-state index contributed by atoms with van der Waals surface area (Å²) >= 11 is 0. The molecule has 0 saturated carbocycles. The van der Waals surface area contributed by atoms with Crippen LogP contribution in [-0.2, 0) is 0 Å². The van der Waals surface area contributed by atoms with Crippen LogP contribution in [0.1, 0.15) is 34.6 Å². The summed E-state index contributed by atoms with van der Waals surface area (Å²) in [6, 6.07) is 0. The summed E-state index contributed by atoms with van der Waals surface area (Å²) in [4.78, 5) is 0. The first kappa shape index (κ1) is 12.0. The summed E-state index contributed by atoms with van der Waals surface area (Å²) in [5.41, 5.74) is 5.96. The van der Waals surface area contributed by atoms with Crippen LogP contribution in [-0.4, -0.2) is 0 Å². The van der Waals surface area contributed by atoms with Crippen molar-refractivity contribution in [1.29, 1.82) is 0 Å². The first-order valence-electron chi connectivity index (χ1n) is 4.57. The number of hydrogen-bond donors (Lipinski definition) is 0. The molecule has 72 valence electrons. The van der Waals surface area contributed by atoms with E-state index in [0.717, 1.165) is 11.1 Å². The van der Waals surface area contributed by atoms with Gasteiger partial charge in [-0.1, -0.05) is 36.0 Å². The van der Waals surface area contributed by atoms with Gasteiger partial charge in [0.2, 0.25) is 0 Å². The SMILES string of the molecule is C=C(C)C(C(=C)C)=C(C)C(C)=CC. The molecule has 0 aromatic heterocycles. The molecule has 0 aliphatic carbocycles. The quantitative estimate of drug-likeness (QED) is 0.558. The van der Waals surface area contributed by atoms with Gasteiger partial charge in [0.1, 0.15) is 0 Å². The molecule has 0 spiro atoms. The van der Waals surface area contributed by atoms with Crippen molar-refractivity contribution in [2.45, 2.75) is 34.6 Å². The maximum absolute atomic E-state index is 3.97. The Kier molecular flexibility index (Phi) is 4.47. The second-order valence-corrected chi connectivity index (χ2v) is 3.53. The average Bonchev–Trinajstić information content (AvgIpc) is 2.01. The molecule has 0 aliphatic heterocycles. The smallest absolute Gasteiger partial charge is 0.0178 e. The van der Waals surface area contributed by atoms with E-state index >= 15 is 0 Å². The monoisotopic (exact) mass is 176 g/mol. The fraction of sp³-hybridized carbons (Fsp3) is 0.385. The topological polar surface area (TPSA) is 0 Å².